The Morgan fingerprint density at radius 3 is 3.03 bits per heavy atom. The van der Waals surface area contributed by atoms with Crippen molar-refractivity contribution in [3.63, 3.8) is 0 Å². The number of fused-ring (bicyclic) bond motifs is 1. The quantitative estimate of drug-likeness (QED) is 0.619. The first kappa shape index (κ1) is 20.1. The van der Waals surface area contributed by atoms with E-state index in [4.69, 9.17) is 14.3 Å². The van der Waals surface area contributed by atoms with Gasteiger partial charge in [-0.3, -0.25) is 9.59 Å². The maximum Gasteiger partial charge on any atom is 0.267 e. The van der Waals surface area contributed by atoms with Crippen molar-refractivity contribution < 1.29 is 23.9 Å². The molecule has 0 saturated carbocycles. The summed E-state index contributed by atoms with van der Waals surface area (Å²) < 4.78 is 11.7. The Morgan fingerprint density at radius 2 is 2.24 bits per heavy atom. The Bertz CT molecular complexity index is 802. The summed E-state index contributed by atoms with van der Waals surface area (Å²) in [5, 5.41) is 0. The number of likely N-dealkylation sites (N-methyl/N-ethyl adjacent to an activating group) is 1. The Hall–Kier alpha value is -2.22. The predicted molar refractivity (Wildman–Crippen MR) is 107 cm³/mol. The molecule has 3 aliphatic heterocycles. The molecule has 29 heavy (non-hydrogen) atoms. The van der Waals surface area contributed by atoms with Crippen LogP contribution in [0.3, 0.4) is 0 Å². The van der Waals surface area contributed by atoms with Crippen LogP contribution in [0.15, 0.2) is 24.3 Å². The van der Waals surface area contributed by atoms with E-state index in [9.17, 15) is 9.59 Å². The van der Waals surface area contributed by atoms with Crippen LogP contribution in [0, 0.1) is 0 Å². The van der Waals surface area contributed by atoms with Crippen LogP contribution in [-0.2, 0) is 14.4 Å². The highest BCUT2D eigenvalue weighted by Crippen LogP contribution is 2.38. The molecule has 2 saturated heterocycles. The first-order valence-electron chi connectivity index (χ1n) is 10.3. The zero-order valence-electron chi connectivity index (χ0n) is 16.8. The highest BCUT2D eigenvalue weighted by Gasteiger charge is 2.42. The lowest BCUT2D eigenvalue weighted by Gasteiger charge is -2.43. The second-order valence-electron chi connectivity index (χ2n) is 8.20. The molecule has 0 aliphatic carbocycles. The van der Waals surface area contributed by atoms with Gasteiger partial charge in [-0.15, -0.1) is 0 Å². The molecule has 156 valence electrons. The summed E-state index contributed by atoms with van der Waals surface area (Å²) in [6.45, 7) is 2.46. The number of piperidine rings is 1. The minimum atomic E-state index is -0.410. The summed E-state index contributed by atoms with van der Waals surface area (Å²) in [6.07, 6.45) is 7.80. The number of Topliss-reactive ketones (excluding diaryl/α,β-unsaturated/α-hetero) is 1. The first-order chi connectivity index (χ1) is 14.0. The fourth-order valence-corrected chi connectivity index (χ4v) is 4.30. The standard InChI is InChI=1S/C22H28N2O5/c1-24-11-4-10-22(15-24)14-18(25)17-13-16(6-8-19(17)28-22)7-9-20(26)23-29-21-5-2-3-12-27-21/h6-9,13,21H,2-5,10-12,14-15H2,1H3,(H,23,26). The molecular weight excluding hydrogens is 372 g/mol. The van der Waals surface area contributed by atoms with Gasteiger partial charge in [0.15, 0.2) is 12.1 Å². The third kappa shape index (κ3) is 4.86. The van der Waals surface area contributed by atoms with Crippen molar-refractivity contribution in [2.75, 3.05) is 26.7 Å². The SMILES string of the molecule is CN1CCCC2(CC(=O)c3cc(C=CC(=O)NOC4CCCCO4)ccc3O2)C1. The summed E-state index contributed by atoms with van der Waals surface area (Å²) in [5.41, 5.74) is 3.33. The number of hydrogen-bond acceptors (Lipinski definition) is 6. The van der Waals surface area contributed by atoms with Crippen molar-refractivity contribution >= 4 is 17.8 Å². The number of ketones is 1. The lowest BCUT2D eigenvalue weighted by atomic mass is 9.83. The van der Waals surface area contributed by atoms with E-state index in [1.54, 1.807) is 12.1 Å². The third-order valence-electron chi connectivity index (χ3n) is 5.70. The van der Waals surface area contributed by atoms with Crippen molar-refractivity contribution in [3.05, 3.63) is 35.4 Å². The number of benzene rings is 1. The maximum absolute atomic E-state index is 12.8. The molecule has 0 bridgehead atoms. The molecule has 2 atom stereocenters. The molecule has 3 heterocycles. The summed E-state index contributed by atoms with van der Waals surface area (Å²) in [4.78, 5) is 32.3. The second-order valence-corrected chi connectivity index (χ2v) is 8.20. The Kier molecular flexibility index (Phi) is 5.99. The van der Waals surface area contributed by atoms with Crippen LogP contribution < -0.4 is 10.2 Å². The van der Waals surface area contributed by atoms with Gasteiger partial charge < -0.3 is 14.4 Å². The van der Waals surface area contributed by atoms with Gasteiger partial charge in [-0.25, -0.2) is 10.3 Å². The number of carbonyl (C=O) groups is 2. The summed E-state index contributed by atoms with van der Waals surface area (Å²) >= 11 is 0. The number of hydroxylamine groups is 1. The van der Waals surface area contributed by atoms with Gasteiger partial charge in [0.25, 0.3) is 5.91 Å². The smallest absolute Gasteiger partial charge is 0.267 e. The largest absolute Gasteiger partial charge is 0.485 e. The van der Waals surface area contributed by atoms with Gasteiger partial charge in [0.05, 0.1) is 12.0 Å². The molecule has 1 aromatic carbocycles. The van der Waals surface area contributed by atoms with E-state index in [0.717, 1.165) is 50.8 Å². The number of hydrogen-bond donors (Lipinski definition) is 1. The minimum absolute atomic E-state index is 0.0963. The van der Waals surface area contributed by atoms with Crippen LogP contribution in [0.1, 0.15) is 54.4 Å². The molecule has 1 amide bonds. The van der Waals surface area contributed by atoms with Crippen molar-refractivity contribution in [2.24, 2.45) is 0 Å². The van der Waals surface area contributed by atoms with Crippen molar-refractivity contribution in [1.82, 2.24) is 10.4 Å². The summed E-state index contributed by atoms with van der Waals surface area (Å²) in [6, 6.07) is 5.46. The van der Waals surface area contributed by atoms with E-state index in [1.807, 2.05) is 12.1 Å². The van der Waals surface area contributed by atoms with Crippen molar-refractivity contribution in [2.45, 2.75) is 50.4 Å². The number of nitrogens with zero attached hydrogens (tertiary/aromatic N) is 1. The molecule has 1 N–H and O–H groups in total. The number of carbonyl (C=O) groups excluding carboxylic acids is 2. The molecule has 7 heteroatoms. The van der Waals surface area contributed by atoms with Crippen molar-refractivity contribution in [1.29, 1.82) is 0 Å². The van der Waals surface area contributed by atoms with Crippen LogP contribution in [0.25, 0.3) is 6.08 Å². The predicted octanol–water partition coefficient (Wildman–Crippen LogP) is 2.70. The first-order valence-corrected chi connectivity index (χ1v) is 10.3. The number of nitrogens with one attached hydrogen (secondary N) is 1. The van der Waals surface area contributed by atoms with Crippen LogP contribution in [0.5, 0.6) is 5.75 Å². The highest BCUT2D eigenvalue weighted by atomic mass is 16.8. The van der Waals surface area contributed by atoms with Crippen LogP contribution in [0.2, 0.25) is 0 Å². The Balaban J connectivity index is 1.38. The highest BCUT2D eigenvalue weighted by molar-refractivity contribution is 6.01. The molecule has 2 unspecified atom stereocenters. The van der Waals surface area contributed by atoms with Gasteiger partial charge in [0.1, 0.15) is 11.4 Å². The molecule has 0 radical (unpaired) electrons. The number of rotatable bonds is 4. The third-order valence-corrected chi connectivity index (χ3v) is 5.70. The molecule has 2 fully saturated rings. The van der Waals surface area contributed by atoms with Gasteiger partial charge in [-0.1, -0.05) is 6.07 Å². The van der Waals surface area contributed by atoms with Crippen LogP contribution in [0.4, 0.5) is 0 Å². The molecule has 3 aliphatic rings. The number of likely N-dealkylation sites (tertiary alicyclic amines) is 1. The molecule has 4 rings (SSSR count). The number of amides is 1. The van der Waals surface area contributed by atoms with E-state index in [2.05, 4.69) is 17.4 Å². The number of ether oxygens (including phenoxy) is 2. The normalized spacial score (nSPS) is 27.6. The molecule has 1 spiro atoms. The fraction of sp³-hybridized carbons (Fsp3) is 0.545. The molecule has 0 aromatic heterocycles. The average Bonchev–Trinajstić information content (AvgIpc) is 2.71. The van der Waals surface area contributed by atoms with E-state index in [0.29, 0.717) is 24.3 Å². The van der Waals surface area contributed by atoms with Gasteiger partial charge in [0, 0.05) is 25.6 Å². The Morgan fingerprint density at radius 1 is 1.34 bits per heavy atom. The van der Waals surface area contributed by atoms with E-state index in [1.165, 1.54) is 6.08 Å². The summed E-state index contributed by atoms with van der Waals surface area (Å²) in [5.74, 6) is 0.360. The summed E-state index contributed by atoms with van der Waals surface area (Å²) in [7, 11) is 2.06. The zero-order valence-corrected chi connectivity index (χ0v) is 16.8. The van der Waals surface area contributed by atoms with Crippen LogP contribution >= 0.6 is 0 Å². The molecule has 7 nitrogen and oxygen atoms in total. The minimum Gasteiger partial charge on any atom is -0.485 e. The average molecular weight is 400 g/mol. The van der Waals surface area contributed by atoms with E-state index < -0.39 is 5.60 Å². The second kappa shape index (κ2) is 8.65. The van der Waals surface area contributed by atoms with E-state index >= 15 is 0 Å². The monoisotopic (exact) mass is 400 g/mol. The van der Waals surface area contributed by atoms with E-state index in [-0.39, 0.29) is 18.0 Å². The van der Waals surface area contributed by atoms with Crippen LogP contribution in [-0.4, -0.2) is 55.2 Å². The van der Waals surface area contributed by atoms with Gasteiger partial charge in [-0.2, -0.15) is 0 Å². The van der Waals surface area contributed by atoms with Gasteiger partial charge in [0.2, 0.25) is 0 Å². The molecule has 1 aromatic rings. The fourth-order valence-electron chi connectivity index (χ4n) is 4.30. The lowest BCUT2D eigenvalue weighted by Crippen LogP contribution is -2.53. The topological polar surface area (TPSA) is 77.1 Å². The van der Waals surface area contributed by atoms with Crippen molar-refractivity contribution in [3.8, 4) is 5.75 Å². The van der Waals surface area contributed by atoms with Gasteiger partial charge >= 0.3 is 0 Å². The maximum atomic E-state index is 12.8. The van der Waals surface area contributed by atoms with Gasteiger partial charge in [-0.05, 0) is 63.0 Å². The Labute approximate surface area is 170 Å². The lowest BCUT2D eigenvalue weighted by molar-refractivity contribution is -0.198. The zero-order chi connectivity index (χ0) is 20.3. The molecular formula is C22H28N2O5.